The van der Waals surface area contributed by atoms with Gasteiger partial charge in [0.15, 0.2) is 0 Å². The predicted molar refractivity (Wildman–Crippen MR) is 167 cm³/mol. The zero-order chi connectivity index (χ0) is 31.5. The van der Waals surface area contributed by atoms with Crippen molar-refractivity contribution >= 4 is 23.4 Å². The minimum atomic E-state index is -1.36. The minimum Gasteiger partial charge on any atom is -0.394 e. The van der Waals surface area contributed by atoms with Crippen molar-refractivity contribution in [2.24, 2.45) is 23.2 Å². The summed E-state index contributed by atoms with van der Waals surface area (Å²) >= 11 is 0. The number of aliphatic hydroxyl groups excluding tert-OH is 1. The molecule has 8 nitrogen and oxygen atoms in total. The normalized spacial score (nSPS) is 31.7. The van der Waals surface area contributed by atoms with Gasteiger partial charge in [-0.2, -0.15) is 0 Å². The molecule has 1 spiro atoms. The van der Waals surface area contributed by atoms with E-state index in [9.17, 15) is 19.5 Å². The first kappa shape index (κ1) is 31.5. The molecule has 0 bridgehead atoms. The second kappa shape index (κ2) is 10.9. The lowest BCUT2D eigenvalue weighted by Gasteiger charge is -2.46. The van der Waals surface area contributed by atoms with Crippen molar-refractivity contribution in [3.8, 4) is 0 Å². The Bertz CT molecular complexity index is 1310. The van der Waals surface area contributed by atoms with Crippen molar-refractivity contribution < 1.29 is 24.2 Å². The number of anilines is 1. The Balaban J connectivity index is 1.69. The monoisotopic (exact) mass is 591 g/mol. The van der Waals surface area contributed by atoms with Crippen molar-refractivity contribution in [2.45, 2.75) is 97.1 Å². The highest BCUT2D eigenvalue weighted by atomic mass is 16.5. The molecule has 2 saturated heterocycles. The fourth-order valence-electron chi connectivity index (χ4n) is 8.45. The van der Waals surface area contributed by atoms with Gasteiger partial charge in [-0.15, -0.1) is 0 Å². The fraction of sp³-hybridized carbons (Fsp3) is 0.629. The van der Waals surface area contributed by atoms with Crippen molar-refractivity contribution in [1.29, 1.82) is 0 Å². The van der Waals surface area contributed by atoms with Gasteiger partial charge in [-0.3, -0.25) is 14.4 Å². The number of benzene rings is 1. The Labute approximate surface area is 256 Å². The van der Waals surface area contributed by atoms with Crippen LogP contribution in [0.3, 0.4) is 0 Å². The van der Waals surface area contributed by atoms with Crippen LogP contribution in [0.1, 0.15) is 68.2 Å². The summed E-state index contributed by atoms with van der Waals surface area (Å²) in [6.45, 7) is 16.9. The SMILES string of the molecule is CC[C@]12C=CCN(c3ccccc3)C(=O)[C@H]1[C@H]1C(=O)N([C@@H](CO)C(C)C)C3C(=O)N(C(C)(C)CC(C)(C)C)CC=C[C@@]31O2. The first-order valence-electron chi connectivity index (χ1n) is 15.8. The smallest absolute Gasteiger partial charge is 0.249 e. The van der Waals surface area contributed by atoms with Crippen LogP contribution < -0.4 is 4.90 Å². The number of fused-ring (bicyclic) bond motifs is 2. The molecule has 8 heteroatoms. The van der Waals surface area contributed by atoms with Crippen LogP contribution in [0, 0.1) is 23.2 Å². The van der Waals surface area contributed by atoms with Crippen LogP contribution in [0.4, 0.5) is 5.69 Å². The molecule has 3 amide bonds. The van der Waals surface area contributed by atoms with E-state index >= 15 is 0 Å². The molecular formula is C35H49N3O5. The molecule has 0 aliphatic carbocycles. The maximum atomic E-state index is 14.9. The zero-order valence-electron chi connectivity index (χ0n) is 27.0. The Morgan fingerprint density at radius 1 is 0.930 bits per heavy atom. The van der Waals surface area contributed by atoms with Crippen LogP contribution in [-0.4, -0.2) is 81.1 Å². The highest BCUT2D eigenvalue weighted by Gasteiger charge is 2.76. The van der Waals surface area contributed by atoms with E-state index in [-0.39, 0.29) is 35.7 Å². The van der Waals surface area contributed by atoms with Gasteiger partial charge < -0.3 is 24.5 Å². The third-order valence-electron chi connectivity index (χ3n) is 9.95. The first-order valence-corrected chi connectivity index (χ1v) is 15.8. The van der Waals surface area contributed by atoms with Crippen LogP contribution in [0.15, 0.2) is 54.6 Å². The number of hydrogen-bond donors (Lipinski definition) is 1. The maximum absolute atomic E-state index is 14.9. The van der Waals surface area contributed by atoms with Crippen molar-refractivity contribution in [1.82, 2.24) is 9.80 Å². The first-order chi connectivity index (χ1) is 20.1. The molecule has 234 valence electrons. The van der Waals surface area contributed by atoms with Gasteiger partial charge in [0, 0.05) is 24.3 Å². The second-order valence-electron chi connectivity index (χ2n) is 14.9. The molecule has 4 aliphatic heterocycles. The molecule has 2 fully saturated rings. The predicted octanol–water partition coefficient (Wildman–Crippen LogP) is 4.58. The molecule has 4 heterocycles. The van der Waals surface area contributed by atoms with E-state index in [2.05, 4.69) is 34.6 Å². The van der Waals surface area contributed by atoms with E-state index in [1.807, 2.05) is 80.3 Å². The van der Waals surface area contributed by atoms with Crippen LogP contribution in [0.5, 0.6) is 0 Å². The van der Waals surface area contributed by atoms with E-state index in [0.29, 0.717) is 19.5 Å². The van der Waals surface area contributed by atoms with Gasteiger partial charge in [0.1, 0.15) is 11.6 Å². The number of amides is 3. The number of aliphatic hydroxyl groups is 1. The van der Waals surface area contributed by atoms with Gasteiger partial charge in [-0.25, -0.2) is 0 Å². The van der Waals surface area contributed by atoms with Gasteiger partial charge in [-0.1, -0.05) is 84.0 Å². The molecule has 0 radical (unpaired) electrons. The number of para-hydroxylation sites is 1. The molecule has 1 aromatic rings. The summed E-state index contributed by atoms with van der Waals surface area (Å²) in [7, 11) is 0. The third-order valence-corrected chi connectivity index (χ3v) is 9.95. The van der Waals surface area contributed by atoms with Gasteiger partial charge in [0.05, 0.1) is 30.1 Å². The van der Waals surface area contributed by atoms with Crippen LogP contribution in [0.2, 0.25) is 0 Å². The average molecular weight is 592 g/mol. The third kappa shape index (κ3) is 4.95. The van der Waals surface area contributed by atoms with E-state index in [0.717, 1.165) is 12.1 Å². The number of hydrogen-bond acceptors (Lipinski definition) is 5. The van der Waals surface area contributed by atoms with Crippen molar-refractivity contribution in [2.75, 3.05) is 24.6 Å². The average Bonchev–Trinajstić information content (AvgIpc) is 3.20. The Morgan fingerprint density at radius 2 is 1.58 bits per heavy atom. The number of rotatable bonds is 7. The van der Waals surface area contributed by atoms with Crippen molar-refractivity contribution in [3.63, 3.8) is 0 Å². The number of likely N-dealkylation sites (tertiary alicyclic amines) is 1. The lowest BCUT2D eigenvalue weighted by atomic mass is 9.72. The maximum Gasteiger partial charge on any atom is 0.249 e. The second-order valence-corrected chi connectivity index (χ2v) is 14.9. The molecule has 1 N–H and O–H groups in total. The Kier molecular flexibility index (Phi) is 7.96. The number of ether oxygens (including phenoxy) is 1. The molecular weight excluding hydrogens is 542 g/mol. The summed E-state index contributed by atoms with van der Waals surface area (Å²) in [4.78, 5) is 49.6. The number of nitrogens with zero attached hydrogens (tertiary/aromatic N) is 3. The van der Waals surface area contributed by atoms with E-state index in [1.54, 1.807) is 9.80 Å². The molecule has 43 heavy (non-hydrogen) atoms. The standard InChI is InChI=1S/C35H49N3O5/c1-9-34-17-13-19-36(24-15-11-10-12-16-24)29(40)26(34)27-30(41)38(25(21-39)23(2)3)28-31(42)37(20-14-18-35(27,28)43-34)33(7,8)22-32(4,5)6/h10-18,23,25-28,39H,9,19-22H2,1-8H3/t25-,26+,27-,28?,34-,35-/m0/s1. The molecule has 5 rings (SSSR count). The van der Waals surface area contributed by atoms with Crippen LogP contribution >= 0.6 is 0 Å². The highest BCUT2D eigenvalue weighted by Crippen LogP contribution is 2.59. The molecule has 4 aliphatic rings. The topological polar surface area (TPSA) is 90.4 Å². The van der Waals surface area contributed by atoms with E-state index in [1.165, 1.54) is 0 Å². The lowest BCUT2D eigenvalue weighted by molar-refractivity contribution is -0.160. The summed E-state index contributed by atoms with van der Waals surface area (Å²) < 4.78 is 7.13. The summed E-state index contributed by atoms with van der Waals surface area (Å²) in [5, 5.41) is 10.6. The molecule has 6 atom stereocenters. The lowest BCUT2D eigenvalue weighted by Crippen LogP contribution is -2.62. The molecule has 1 unspecified atom stereocenters. The van der Waals surface area contributed by atoms with Crippen molar-refractivity contribution in [3.05, 3.63) is 54.6 Å². The summed E-state index contributed by atoms with van der Waals surface area (Å²) in [5.41, 5.74) is -2.22. The van der Waals surface area contributed by atoms with Gasteiger partial charge in [0.2, 0.25) is 17.7 Å². The zero-order valence-corrected chi connectivity index (χ0v) is 27.0. The highest BCUT2D eigenvalue weighted by molar-refractivity contribution is 6.04. The molecule has 0 aromatic heterocycles. The van der Waals surface area contributed by atoms with Crippen LogP contribution in [-0.2, 0) is 19.1 Å². The molecule has 0 saturated carbocycles. The van der Waals surface area contributed by atoms with Gasteiger partial charge >= 0.3 is 0 Å². The summed E-state index contributed by atoms with van der Waals surface area (Å²) in [6, 6.07) is 7.87. The minimum absolute atomic E-state index is 0.0435. The Morgan fingerprint density at radius 3 is 2.16 bits per heavy atom. The van der Waals surface area contributed by atoms with E-state index < -0.39 is 40.7 Å². The number of carbonyl (C=O) groups is 3. The van der Waals surface area contributed by atoms with Gasteiger partial charge in [-0.05, 0) is 50.2 Å². The largest absolute Gasteiger partial charge is 0.394 e. The quantitative estimate of drug-likeness (QED) is 0.469. The molecule has 1 aromatic carbocycles. The number of carbonyl (C=O) groups excluding carboxylic acids is 3. The van der Waals surface area contributed by atoms with E-state index in [4.69, 9.17) is 4.74 Å². The Hall–Kier alpha value is -2.97. The van der Waals surface area contributed by atoms with Gasteiger partial charge in [0.25, 0.3) is 0 Å². The van der Waals surface area contributed by atoms with Crippen LogP contribution in [0.25, 0.3) is 0 Å². The summed E-state index contributed by atoms with van der Waals surface area (Å²) in [6.07, 6.45) is 8.98. The summed E-state index contributed by atoms with van der Waals surface area (Å²) in [5.74, 6) is -2.57. The fourth-order valence-corrected chi connectivity index (χ4v) is 8.45.